The average Bonchev–Trinajstić information content (AvgIpc) is 3.19. The van der Waals surface area contributed by atoms with Crippen LogP contribution in [-0.4, -0.2) is 23.5 Å². The topological polar surface area (TPSA) is 81.4 Å². The van der Waals surface area contributed by atoms with E-state index in [1.807, 2.05) is 56.3 Å². The summed E-state index contributed by atoms with van der Waals surface area (Å²) in [6.07, 6.45) is 0. The Bertz CT molecular complexity index is 1190. The van der Waals surface area contributed by atoms with Crippen molar-refractivity contribution in [3.8, 4) is 11.5 Å². The zero-order chi connectivity index (χ0) is 21.1. The van der Waals surface area contributed by atoms with E-state index in [0.717, 1.165) is 16.8 Å². The highest BCUT2D eigenvalue weighted by Crippen LogP contribution is 2.27. The number of aryl methyl sites for hydroxylation is 2. The van der Waals surface area contributed by atoms with Crippen LogP contribution in [0.3, 0.4) is 0 Å². The Kier molecular flexibility index (Phi) is 5.30. The molecule has 30 heavy (non-hydrogen) atoms. The van der Waals surface area contributed by atoms with Crippen LogP contribution in [0.4, 0.5) is 5.69 Å². The van der Waals surface area contributed by atoms with Gasteiger partial charge >= 0.3 is 5.97 Å². The average molecular weight is 400 g/mol. The van der Waals surface area contributed by atoms with Gasteiger partial charge in [-0.2, -0.15) is 0 Å². The van der Waals surface area contributed by atoms with Gasteiger partial charge in [0.1, 0.15) is 5.52 Å². The molecular formula is C24H20N2O4. The predicted molar refractivity (Wildman–Crippen MR) is 114 cm³/mol. The second-order valence-corrected chi connectivity index (χ2v) is 6.92. The molecule has 0 bridgehead atoms. The third-order valence-corrected chi connectivity index (χ3v) is 4.75. The number of anilines is 1. The molecule has 0 saturated carbocycles. The summed E-state index contributed by atoms with van der Waals surface area (Å²) in [4.78, 5) is 29.4. The fourth-order valence-corrected chi connectivity index (χ4v) is 3.23. The molecule has 0 fully saturated rings. The Hall–Kier alpha value is -3.93. The largest absolute Gasteiger partial charge is 0.452 e. The van der Waals surface area contributed by atoms with Gasteiger partial charge in [0.25, 0.3) is 5.91 Å². The normalized spacial score (nSPS) is 10.7. The molecule has 4 rings (SSSR count). The van der Waals surface area contributed by atoms with Gasteiger partial charge in [-0.3, -0.25) is 4.79 Å². The third kappa shape index (κ3) is 3.93. The van der Waals surface area contributed by atoms with Crippen LogP contribution in [0.2, 0.25) is 0 Å². The van der Waals surface area contributed by atoms with E-state index in [4.69, 9.17) is 9.15 Å². The molecule has 0 spiro atoms. The predicted octanol–water partition coefficient (Wildman–Crippen LogP) is 4.91. The molecule has 1 amide bonds. The molecule has 0 aliphatic heterocycles. The van der Waals surface area contributed by atoms with E-state index in [-0.39, 0.29) is 5.56 Å². The molecule has 0 atom stereocenters. The lowest BCUT2D eigenvalue weighted by molar-refractivity contribution is -0.119. The van der Waals surface area contributed by atoms with Crippen LogP contribution in [0.5, 0.6) is 0 Å². The van der Waals surface area contributed by atoms with Crippen LogP contribution in [0.15, 0.2) is 71.1 Å². The molecule has 0 unspecified atom stereocenters. The molecule has 4 aromatic rings. The van der Waals surface area contributed by atoms with Crippen LogP contribution in [0.1, 0.15) is 21.5 Å². The number of carbonyl (C=O) groups is 2. The number of nitrogens with zero attached hydrogens (tertiary/aromatic N) is 1. The van der Waals surface area contributed by atoms with Crippen LogP contribution in [0.25, 0.3) is 22.6 Å². The van der Waals surface area contributed by atoms with Gasteiger partial charge in [-0.1, -0.05) is 42.5 Å². The van der Waals surface area contributed by atoms with E-state index >= 15 is 0 Å². The van der Waals surface area contributed by atoms with Crippen molar-refractivity contribution < 1.29 is 18.7 Å². The summed E-state index contributed by atoms with van der Waals surface area (Å²) in [7, 11) is 0. The Morgan fingerprint density at radius 3 is 2.40 bits per heavy atom. The van der Waals surface area contributed by atoms with E-state index < -0.39 is 18.5 Å². The number of hydrogen-bond acceptors (Lipinski definition) is 5. The first kappa shape index (κ1) is 19.4. The zero-order valence-electron chi connectivity index (χ0n) is 16.6. The number of aromatic nitrogens is 1. The molecule has 150 valence electrons. The van der Waals surface area contributed by atoms with Gasteiger partial charge in [-0.05, 0) is 49.2 Å². The number of esters is 1. The minimum Gasteiger partial charge on any atom is -0.452 e. The lowest BCUT2D eigenvalue weighted by Gasteiger charge is -2.12. The third-order valence-electron chi connectivity index (χ3n) is 4.75. The summed E-state index contributed by atoms with van der Waals surface area (Å²) in [5, 5.41) is 2.80. The lowest BCUT2D eigenvalue weighted by Crippen LogP contribution is -2.22. The Morgan fingerprint density at radius 1 is 0.933 bits per heavy atom. The maximum absolute atomic E-state index is 12.7. The molecule has 6 nitrogen and oxygen atoms in total. The fourth-order valence-electron chi connectivity index (χ4n) is 3.23. The number of para-hydroxylation sites is 3. The van der Waals surface area contributed by atoms with Crippen molar-refractivity contribution in [2.24, 2.45) is 0 Å². The molecular weight excluding hydrogens is 380 g/mol. The van der Waals surface area contributed by atoms with Crippen molar-refractivity contribution in [3.05, 3.63) is 83.4 Å². The SMILES string of the molecule is Cc1cccc(C)c1NC(=O)COC(=O)c1ccccc1-c1nc2ccccc2o1. The number of rotatable bonds is 5. The van der Waals surface area contributed by atoms with Crippen molar-refractivity contribution in [1.29, 1.82) is 0 Å². The second kappa shape index (κ2) is 8.21. The van der Waals surface area contributed by atoms with E-state index in [0.29, 0.717) is 22.6 Å². The highest BCUT2D eigenvalue weighted by molar-refractivity contribution is 5.99. The smallest absolute Gasteiger partial charge is 0.339 e. The van der Waals surface area contributed by atoms with Crippen molar-refractivity contribution in [2.75, 3.05) is 11.9 Å². The number of amides is 1. The van der Waals surface area contributed by atoms with E-state index in [2.05, 4.69) is 10.3 Å². The number of carbonyl (C=O) groups excluding carboxylic acids is 2. The summed E-state index contributed by atoms with van der Waals surface area (Å²) >= 11 is 0. The van der Waals surface area contributed by atoms with Crippen LogP contribution < -0.4 is 5.32 Å². The Labute approximate surface area is 173 Å². The summed E-state index contributed by atoms with van der Waals surface area (Å²) in [5.74, 6) is -0.701. The first-order valence-electron chi connectivity index (χ1n) is 9.51. The summed E-state index contributed by atoms with van der Waals surface area (Å²) < 4.78 is 11.0. The molecule has 1 heterocycles. The number of ether oxygens (including phenoxy) is 1. The van der Waals surface area contributed by atoms with Crippen molar-refractivity contribution in [3.63, 3.8) is 0 Å². The number of oxazole rings is 1. The van der Waals surface area contributed by atoms with Crippen molar-refractivity contribution in [2.45, 2.75) is 13.8 Å². The van der Waals surface area contributed by atoms with Gasteiger partial charge in [0.15, 0.2) is 12.2 Å². The highest BCUT2D eigenvalue weighted by Gasteiger charge is 2.19. The zero-order valence-corrected chi connectivity index (χ0v) is 16.6. The minimum atomic E-state index is -0.621. The summed E-state index contributed by atoms with van der Waals surface area (Å²) in [6, 6.07) is 20.0. The standard InChI is InChI=1S/C24H20N2O4/c1-15-8-7-9-16(2)22(15)26-21(27)14-29-24(28)18-11-4-3-10-17(18)23-25-19-12-5-6-13-20(19)30-23/h3-13H,14H2,1-2H3,(H,26,27). The first-order chi connectivity index (χ1) is 14.5. The van der Waals surface area contributed by atoms with Gasteiger partial charge < -0.3 is 14.5 Å². The number of hydrogen-bond donors (Lipinski definition) is 1. The van der Waals surface area contributed by atoms with Crippen LogP contribution >= 0.6 is 0 Å². The summed E-state index contributed by atoms with van der Waals surface area (Å²) in [5.41, 5.74) is 4.72. The molecule has 1 aromatic heterocycles. The van der Waals surface area contributed by atoms with Crippen molar-refractivity contribution >= 4 is 28.7 Å². The molecule has 1 N–H and O–H groups in total. The molecule has 0 radical (unpaired) electrons. The van der Waals surface area contributed by atoms with Crippen LogP contribution in [0, 0.1) is 13.8 Å². The molecule has 0 aliphatic rings. The highest BCUT2D eigenvalue weighted by atomic mass is 16.5. The molecule has 6 heteroatoms. The van der Waals surface area contributed by atoms with Crippen molar-refractivity contribution in [1.82, 2.24) is 4.98 Å². The molecule has 0 aliphatic carbocycles. The van der Waals surface area contributed by atoms with Gasteiger partial charge in [-0.15, -0.1) is 0 Å². The lowest BCUT2D eigenvalue weighted by atomic mass is 10.1. The quantitative estimate of drug-likeness (QED) is 0.482. The van der Waals surface area contributed by atoms with Gasteiger partial charge in [-0.25, -0.2) is 9.78 Å². The number of fused-ring (bicyclic) bond motifs is 1. The Morgan fingerprint density at radius 2 is 1.63 bits per heavy atom. The number of nitrogens with one attached hydrogen (secondary N) is 1. The molecule has 3 aromatic carbocycles. The number of benzene rings is 3. The van der Waals surface area contributed by atoms with E-state index in [9.17, 15) is 9.59 Å². The second-order valence-electron chi connectivity index (χ2n) is 6.92. The van der Waals surface area contributed by atoms with E-state index in [1.54, 1.807) is 24.3 Å². The van der Waals surface area contributed by atoms with Gasteiger partial charge in [0.2, 0.25) is 5.89 Å². The maximum atomic E-state index is 12.7. The van der Waals surface area contributed by atoms with Gasteiger partial charge in [0, 0.05) is 5.69 Å². The molecule has 0 saturated heterocycles. The van der Waals surface area contributed by atoms with Crippen LogP contribution in [-0.2, 0) is 9.53 Å². The fraction of sp³-hybridized carbons (Fsp3) is 0.125. The summed E-state index contributed by atoms with van der Waals surface area (Å²) in [6.45, 7) is 3.42. The maximum Gasteiger partial charge on any atom is 0.339 e. The monoisotopic (exact) mass is 400 g/mol. The van der Waals surface area contributed by atoms with Gasteiger partial charge in [0.05, 0.1) is 11.1 Å². The first-order valence-corrected chi connectivity index (χ1v) is 9.51. The minimum absolute atomic E-state index is 0.281. The van der Waals surface area contributed by atoms with E-state index in [1.165, 1.54) is 0 Å². The Balaban J connectivity index is 1.50.